The van der Waals surface area contributed by atoms with Gasteiger partial charge in [-0.25, -0.2) is 4.39 Å². The van der Waals surface area contributed by atoms with Crippen molar-refractivity contribution in [1.29, 1.82) is 0 Å². The third-order valence-electron chi connectivity index (χ3n) is 1.20. The fraction of sp³-hybridized carbons (Fsp3) is 0.556. The monoisotopic (exact) mass is 158 g/mol. The van der Waals surface area contributed by atoms with Crippen molar-refractivity contribution >= 4 is 0 Å². The van der Waals surface area contributed by atoms with Gasteiger partial charge < -0.3 is 4.74 Å². The molecule has 11 heavy (non-hydrogen) atoms. The minimum Gasteiger partial charge on any atom is -0.346 e. The molecular weight excluding hydrogens is 143 g/mol. The van der Waals surface area contributed by atoms with Gasteiger partial charge in [0.1, 0.15) is 0 Å². The van der Waals surface area contributed by atoms with Gasteiger partial charge in [-0.15, -0.1) is 0 Å². The van der Waals surface area contributed by atoms with Gasteiger partial charge in [-0.2, -0.15) is 0 Å². The Hall–Kier alpha value is -0.630. The minimum atomic E-state index is -0.707. The Morgan fingerprint density at radius 1 is 1.55 bits per heavy atom. The number of rotatable bonds is 5. The van der Waals surface area contributed by atoms with Crippen LogP contribution in [0.15, 0.2) is 23.8 Å². The Balaban J connectivity index is 3.48. The summed E-state index contributed by atoms with van der Waals surface area (Å²) in [6.07, 6.45) is 6.87. The molecular formula is C9H15FO. The fourth-order valence-electron chi connectivity index (χ4n) is 0.737. The first-order chi connectivity index (χ1) is 5.31. The van der Waals surface area contributed by atoms with Crippen molar-refractivity contribution in [3.8, 4) is 0 Å². The highest BCUT2D eigenvalue weighted by Crippen LogP contribution is 1.96. The molecule has 0 aliphatic heterocycles. The zero-order valence-corrected chi connectivity index (χ0v) is 7.14. The van der Waals surface area contributed by atoms with Crippen LogP contribution in [0.3, 0.4) is 0 Å². The highest BCUT2D eigenvalue weighted by Gasteiger charge is 1.80. The lowest BCUT2D eigenvalue weighted by molar-refractivity contribution is 0.0777. The van der Waals surface area contributed by atoms with Gasteiger partial charge in [0.05, 0.1) is 6.61 Å². The highest BCUT2D eigenvalue weighted by atomic mass is 19.1. The summed E-state index contributed by atoms with van der Waals surface area (Å²) in [7, 11) is 0. The average Bonchev–Trinajstić information content (AvgIpc) is 1.99. The second-order valence-electron chi connectivity index (χ2n) is 2.24. The Morgan fingerprint density at radius 2 is 2.27 bits per heavy atom. The summed E-state index contributed by atoms with van der Waals surface area (Å²) < 4.78 is 15.9. The summed E-state index contributed by atoms with van der Waals surface area (Å²) in [6, 6.07) is 0. The maximum atomic E-state index is 11.4. The van der Waals surface area contributed by atoms with Gasteiger partial charge in [-0.05, 0) is 13.3 Å². The molecule has 0 aliphatic rings. The van der Waals surface area contributed by atoms with Crippen molar-refractivity contribution < 1.29 is 9.13 Å². The molecule has 2 heteroatoms. The average molecular weight is 158 g/mol. The van der Waals surface area contributed by atoms with Gasteiger partial charge in [0, 0.05) is 0 Å². The van der Waals surface area contributed by atoms with E-state index in [1.54, 1.807) is 6.08 Å². The van der Waals surface area contributed by atoms with Crippen molar-refractivity contribution in [2.24, 2.45) is 0 Å². The normalized spacial score (nSPS) is 12.8. The molecule has 0 aromatic carbocycles. The molecule has 0 N–H and O–H groups in total. The molecule has 0 aromatic rings. The van der Waals surface area contributed by atoms with Crippen LogP contribution in [0.4, 0.5) is 4.39 Å². The minimum absolute atomic E-state index is 0.353. The van der Waals surface area contributed by atoms with Crippen LogP contribution >= 0.6 is 0 Å². The van der Waals surface area contributed by atoms with Crippen molar-refractivity contribution in [3.05, 3.63) is 23.8 Å². The van der Waals surface area contributed by atoms with Crippen LogP contribution < -0.4 is 0 Å². The van der Waals surface area contributed by atoms with Gasteiger partial charge in [0.2, 0.25) is 0 Å². The molecule has 0 bridgehead atoms. The molecule has 0 heterocycles. The van der Waals surface area contributed by atoms with Crippen LogP contribution in [0.2, 0.25) is 0 Å². The maximum absolute atomic E-state index is 11.4. The lowest BCUT2D eigenvalue weighted by Crippen LogP contribution is -1.86. The van der Waals surface area contributed by atoms with Crippen molar-refractivity contribution in [2.75, 3.05) is 13.5 Å². The first kappa shape index (κ1) is 10.4. The predicted octanol–water partition coefficient (Wildman–Crippen LogP) is 2.84. The van der Waals surface area contributed by atoms with Crippen LogP contribution in [0.1, 0.15) is 20.3 Å². The topological polar surface area (TPSA) is 9.23 Å². The van der Waals surface area contributed by atoms with Gasteiger partial charge in [-0.3, -0.25) is 0 Å². The largest absolute Gasteiger partial charge is 0.346 e. The third-order valence-corrected chi connectivity index (χ3v) is 1.20. The van der Waals surface area contributed by atoms with E-state index in [9.17, 15) is 4.39 Å². The van der Waals surface area contributed by atoms with Crippen LogP contribution in [-0.2, 0) is 4.74 Å². The number of allylic oxidation sites excluding steroid dienone is 3. The molecule has 0 amide bonds. The van der Waals surface area contributed by atoms with Crippen molar-refractivity contribution in [2.45, 2.75) is 20.3 Å². The molecule has 0 saturated carbocycles. The summed E-state index contributed by atoms with van der Waals surface area (Å²) in [5.41, 5.74) is 1.19. The number of ether oxygens (including phenoxy) is 1. The number of hydrogen-bond acceptors (Lipinski definition) is 1. The van der Waals surface area contributed by atoms with Gasteiger partial charge >= 0.3 is 0 Å². The maximum Gasteiger partial charge on any atom is 0.188 e. The number of halogens is 1. The van der Waals surface area contributed by atoms with E-state index in [1.807, 2.05) is 13.0 Å². The van der Waals surface area contributed by atoms with E-state index in [1.165, 1.54) is 5.57 Å². The first-order valence-electron chi connectivity index (χ1n) is 3.78. The molecule has 0 fully saturated rings. The molecule has 0 aromatic heterocycles. The lowest BCUT2D eigenvalue weighted by Gasteiger charge is -1.91. The summed E-state index contributed by atoms with van der Waals surface area (Å²) in [6.45, 7) is 3.73. The molecule has 0 radical (unpaired) electrons. The van der Waals surface area contributed by atoms with Crippen LogP contribution in [0.5, 0.6) is 0 Å². The quantitative estimate of drug-likeness (QED) is 0.441. The van der Waals surface area contributed by atoms with Gasteiger partial charge in [0.25, 0.3) is 0 Å². The van der Waals surface area contributed by atoms with Crippen LogP contribution in [-0.4, -0.2) is 13.5 Å². The number of alkyl halides is 1. The molecule has 0 spiro atoms. The summed E-state index contributed by atoms with van der Waals surface area (Å²) in [4.78, 5) is 0. The Kier molecular flexibility index (Phi) is 7.05. The molecule has 0 aliphatic carbocycles. The third kappa shape index (κ3) is 7.26. The zero-order valence-electron chi connectivity index (χ0n) is 7.14. The Labute approximate surface area is 67.6 Å². The molecule has 64 valence electrons. The molecule has 0 saturated heterocycles. The second kappa shape index (κ2) is 7.48. The van der Waals surface area contributed by atoms with E-state index in [-0.39, 0.29) is 0 Å². The van der Waals surface area contributed by atoms with Crippen LogP contribution in [0.25, 0.3) is 0 Å². The SMILES string of the molecule is CC/C=C(C)\C=C/COCF. The Bertz CT molecular complexity index is 138. The molecule has 0 unspecified atom stereocenters. The van der Waals surface area contributed by atoms with E-state index < -0.39 is 6.86 Å². The van der Waals surface area contributed by atoms with E-state index >= 15 is 0 Å². The fourth-order valence-corrected chi connectivity index (χ4v) is 0.737. The Morgan fingerprint density at radius 3 is 2.82 bits per heavy atom. The van der Waals surface area contributed by atoms with E-state index in [2.05, 4.69) is 17.7 Å². The number of hydrogen-bond donors (Lipinski definition) is 0. The van der Waals surface area contributed by atoms with Gasteiger partial charge in [-0.1, -0.05) is 30.7 Å². The van der Waals surface area contributed by atoms with E-state index in [4.69, 9.17) is 0 Å². The highest BCUT2D eigenvalue weighted by molar-refractivity contribution is 5.15. The predicted molar refractivity (Wildman–Crippen MR) is 45.1 cm³/mol. The zero-order chi connectivity index (χ0) is 8.53. The van der Waals surface area contributed by atoms with Gasteiger partial charge in [0.15, 0.2) is 6.86 Å². The second-order valence-corrected chi connectivity index (χ2v) is 2.24. The molecule has 0 rings (SSSR count). The molecule has 0 atom stereocenters. The van der Waals surface area contributed by atoms with Crippen molar-refractivity contribution in [1.82, 2.24) is 0 Å². The lowest BCUT2D eigenvalue weighted by atomic mass is 10.2. The summed E-state index contributed by atoms with van der Waals surface area (Å²) >= 11 is 0. The van der Waals surface area contributed by atoms with Crippen molar-refractivity contribution in [3.63, 3.8) is 0 Å². The van der Waals surface area contributed by atoms with E-state index in [0.717, 1.165) is 6.42 Å². The summed E-state index contributed by atoms with van der Waals surface area (Å²) in [5, 5.41) is 0. The standard InChI is InChI=1S/C9H15FO/c1-3-5-9(2)6-4-7-11-8-10/h4-6H,3,7-8H2,1-2H3/b6-4-,9-5-. The smallest absolute Gasteiger partial charge is 0.188 e. The van der Waals surface area contributed by atoms with Crippen LogP contribution in [0, 0.1) is 0 Å². The summed E-state index contributed by atoms with van der Waals surface area (Å²) in [5.74, 6) is 0. The first-order valence-corrected chi connectivity index (χ1v) is 3.78. The van der Waals surface area contributed by atoms with E-state index in [0.29, 0.717) is 6.61 Å². The molecule has 1 nitrogen and oxygen atoms in total.